The van der Waals surface area contributed by atoms with E-state index in [0.717, 1.165) is 23.4 Å². The van der Waals surface area contributed by atoms with Gasteiger partial charge in [0.15, 0.2) is 0 Å². The second-order valence-electron chi connectivity index (χ2n) is 6.63. The van der Waals surface area contributed by atoms with Crippen LogP contribution < -0.4 is 5.43 Å². The maximum Gasteiger partial charge on any atom is 0.287 e. The summed E-state index contributed by atoms with van der Waals surface area (Å²) in [5.41, 5.74) is 9.76. The average Bonchev–Trinajstić information content (AvgIpc) is 2.95. The van der Waals surface area contributed by atoms with Gasteiger partial charge in [0.05, 0.1) is 16.8 Å². The van der Waals surface area contributed by atoms with E-state index in [1.165, 1.54) is 35.1 Å². The fraction of sp³-hybridized carbons (Fsp3) is 0.238. The number of aromatic nitrogens is 2. The van der Waals surface area contributed by atoms with Gasteiger partial charge in [-0.2, -0.15) is 5.10 Å². The molecule has 0 fully saturated rings. The van der Waals surface area contributed by atoms with Crippen LogP contribution in [0.1, 0.15) is 35.0 Å². The fourth-order valence-electron chi connectivity index (χ4n) is 3.32. The Labute approximate surface area is 163 Å². The Morgan fingerprint density at radius 2 is 2.04 bits per heavy atom. The third-order valence-electron chi connectivity index (χ3n) is 4.74. The zero-order chi connectivity index (χ0) is 20.3. The van der Waals surface area contributed by atoms with Crippen molar-refractivity contribution in [3.8, 4) is 5.69 Å². The van der Waals surface area contributed by atoms with Crippen LogP contribution in [0.15, 0.2) is 47.7 Å². The van der Waals surface area contributed by atoms with Crippen molar-refractivity contribution in [1.82, 2.24) is 9.55 Å². The molecule has 2 aromatic heterocycles. The first kappa shape index (κ1) is 19.3. The number of hydrogen-bond donors (Lipinski definition) is 1. The molecule has 0 unspecified atom stereocenters. The standard InChI is InChI=1S/C21H23N5O2/c1-5-17-8-6-7-14(2)21(17)25-15(3)11-18(16(25)4)12-23-24-20-10-9-19(13-22-20)26(27)28/h6-13H,5H2,1-4H3,(H,22,24)/b23-12-. The van der Waals surface area contributed by atoms with Crippen LogP contribution in [0.4, 0.5) is 11.5 Å². The second kappa shape index (κ2) is 8.04. The van der Waals surface area contributed by atoms with E-state index in [1.54, 1.807) is 6.21 Å². The van der Waals surface area contributed by atoms with Gasteiger partial charge in [0, 0.05) is 23.0 Å². The summed E-state index contributed by atoms with van der Waals surface area (Å²) in [6.07, 6.45) is 3.91. The van der Waals surface area contributed by atoms with Crippen molar-refractivity contribution in [1.29, 1.82) is 0 Å². The molecule has 0 aliphatic rings. The van der Waals surface area contributed by atoms with Crippen molar-refractivity contribution in [2.75, 3.05) is 5.43 Å². The van der Waals surface area contributed by atoms with Gasteiger partial charge < -0.3 is 4.57 Å². The van der Waals surface area contributed by atoms with Gasteiger partial charge in [0.2, 0.25) is 0 Å². The van der Waals surface area contributed by atoms with Crippen LogP contribution in [-0.4, -0.2) is 20.7 Å². The summed E-state index contributed by atoms with van der Waals surface area (Å²) in [6.45, 7) is 8.45. The minimum absolute atomic E-state index is 0.0527. The lowest BCUT2D eigenvalue weighted by Crippen LogP contribution is -2.05. The molecule has 0 saturated heterocycles. The Balaban J connectivity index is 1.86. The zero-order valence-corrected chi connectivity index (χ0v) is 16.4. The third kappa shape index (κ3) is 3.78. The highest BCUT2D eigenvalue weighted by Gasteiger charge is 2.14. The van der Waals surface area contributed by atoms with Crippen LogP contribution >= 0.6 is 0 Å². The Morgan fingerprint density at radius 1 is 1.25 bits per heavy atom. The fourth-order valence-corrected chi connectivity index (χ4v) is 3.32. The van der Waals surface area contributed by atoms with Gasteiger partial charge in [0.25, 0.3) is 5.69 Å². The number of hydrazone groups is 1. The van der Waals surface area contributed by atoms with Gasteiger partial charge in [0.1, 0.15) is 12.0 Å². The van der Waals surface area contributed by atoms with E-state index in [0.29, 0.717) is 5.82 Å². The summed E-state index contributed by atoms with van der Waals surface area (Å²) in [6, 6.07) is 11.4. The molecule has 2 heterocycles. The summed E-state index contributed by atoms with van der Waals surface area (Å²) < 4.78 is 2.26. The Bertz CT molecular complexity index is 1040. The average molecular weight is 377 g/mol. The molecular weight excluding hydrogens is 354 g/mol. The van der Waals surface area contributed by atoms with Gasteiger partial charge in [-0.25, -0.2) is 4.98 Å². The smallest absolute Gasteiger partial charge is 0.287 e. The number of benzene rings is 1. The van der Waals surface area contributed by atoms with Crippen LogP contribution in [0.25, 0.3) is 5.69 Å². The first-order valence-corrected chi connectivity index (χ1v) is 9.09. The SMILES string of the molecule is CCc1cccc(C)c1-n1c(C)cc(/C=N\Nc2ccc([N+](=O)[O-])cn2)c1C. The summed E-state index contributed by atoms with van der Waals surface area (Å²) >= 11 is 0. The number of anilines is 1. The molecule has 0 atom stereocenters. The van der Waals surface area contributed by atoms with Crippen LogP contribution in [0.3, 0.4) is 0 Å². The number of nitrogens with one attached hydrogen (secondary N) is 1. The number of nitro groups is 1. The number of aryl methyl sites for hydroxylation is 3. The summed E-state index contributed by atoms with van der Waals surface area (Å²) in [5, 5.41) is 14.9. The minimum atomic E-state index is -0.481. The monoisotopic (exact) mass is 377 g/mol. The molecule has 0 bridgehead atoms. The summed E-state index contributed by atoms with van der Waals surface area (Å²) in [5.74, 6) is 0.447. The van der Waals surface area contributed by atoms with Crippen molar-refractivity contribution >= 4 is 17.7 Å². The van der Waals surface area contributed by atoms with Gasteiger partial charge in [-0.3, -0.25) is 15.5 Å². The minimum Gasteiger partial charge on any atom is -0.317 e. The lowest BCUT2D eigenvalue weighted by atomic mass is 10.1. The number of para-hydroxylation sites is 1. The highest BCUT2D eigenvalue weighted by atomic mass is 16.6. The quantitative estimate of drug-likeness (QED) is 0.383. The van der Waals surface area contributed by atoms with Gasteiger partial charge in [-0.05, 0) is 50.5 Å². The molecule has 3 rings (SSSR count). The zero-order valence-electron chi connectivity index (χ0n) is 16.4. The molecule has 0 amide bonds. The topological polar surface area (TPSA) is 85.3 Å². The molecule has 0 spiro atoms. The van der Waals surface area contributed by atoms with Crippen molar-refractivity contribution in [2.24, 2.45) is 5.10 Å². The molecule has 3 aromatic rings. The molecule has 0 aliphatic heterocycles. The molecule has 144 valence electrons. The van der Waals surface area contributed by atoms with Crippen LogP contribution in [0, 0.1) is 30.9 Å². The van der Waals surface area contributed by atoms with E-state index in [2.05, 4.69) is 72.0 Å². The summed E-state index contributed by atoms with van der Waals surface area (Å²) in [4.78, 5) is 14.2. The van der Waals surface area contributed by atoms with Gasteiger partial charge >= 0.3 is 0 Å². The number of nitrogens with zero attached hydrogens (tertiary/aromatic N) is 4. The summed E-state index contributed by atoms with van der Waals surface area (Å²) in [7, 11) is 0. The largest absolute Gasteiger partial charge is 0.317 e. The Hall–Kier alpha value is -3.48. The molecule has 0 radical (unpaired) electrons. The third-order valence-corrected chi connectivity index (χ3v) is 4.74. The molecule has 1 aromatic carbocycles. The van der Waals surface area contributed by atoms with E-state index < -0.39 is 4.92 Å². The maximum atomic E-state index is 10.7. The van der Waals surface area contributed by atoms with Crippen molar-refractivity contribution in [3.05, 3.63) is 80.8 Å². The maximum absolute atomic E-state index is 10.7. The van der Waals surface area contributed by atoms with E-state index in [1.807, 2.05) is 0 Å². The van der Waals surface area contributed by atoms with Crippen LogP contribution in [0.2, 0.25) is 0 Å². The van der Waals surface area contributed by atoms with E-state index >= 15 is 0 Å². The van der Waals surface area contributed by atoms with Crippen molar-refractivity contribution < 1.29 is 4.92 Å². The number of hydrogen-bond acceptors (Lipinski definition) is 5. The van der Waals surface area contributed by atoms with Gasteiger partial charge in [-0.1, -0.05) is 25.1 Å². The lowest BCUT2D eigenvalue weighted by molar-refractivity contribution is -0.385. The van der Waals surface area contributed by atoms with E-state index in [9.17, 15) is 10.1 Å². The Kier molecular flexibility index (Phi) is 5.54. The van der Waals surface area contributed by atoms with Gasteiger partial charge in [-0.15, -0.1) is 0 Å². The van der Waals surface area contributed by atoms with Crippen LogP contribution in [-0.2, 0) is 6.42 Å². The number of pyridine rings is 1. The molecule has 0 aliphatic carbocycles. The second-order valence-corrected chi connectivity index (χ2v) is 6.63. The normalized spacial score (nSPS) is 11.1. The predicted octanol–water partition coefficient (Wildman–Crippen LogP) is 4.71. The molecule has 0 saturated carbocycles. The molecule has 1 N–H and O–H groups in total. The molecule has 7 heteroatoms. The highest BCUT2D eigenvalue weighted by molar-refractivity contribution is 5.82. The molecular formula is C21H23N5O2. The first-order chi connectivity index (χ1) is 13.4. The van der Waals surface area contributed by atoms with Crippen molar-refractivity contribution in [2.45, 2.75) is 34.1 Å². The van der Waals surface area contributed by atoms with E-state index in [-0.39, 0.29) is 5.69 Å². The highest BCUT2D eigenvalue weighted by Crippen LogP contribution is 2.26. The molecule has 28 heavy (non-hydrogen) atoms. The van der Waals surface area contributed by atoms with Crippen LogP contribution in [0.5, 0.6) is 0 Å². The predicted molar refractivity (Wildman–Crippen MR) is 111 cm³/mol. The number of rotatable bonds is 6. The van der Waals surface area contributed by atoms with E-state index in [4.69, 9.17) is 0 Å². The molecule has 7 nitrogen and oxygen atoms in total. The first-order valence-electron chi connectivity index (χ1n) is 9.09. The Morgan fingerprint density at radius 3 is 2.68 bits per heavy atom. The van der Waals surface area contributed by atoms with Crippen molar-refractivity contribution in [3.63, 3.8) is 0 Å². The lowest BCUT2D eigenvalue weighted by Gasteiger charge is -2.17.